The molecule has 3 N–H and O–H groups in total. The van der Waals surface area contributed by atoms with Gasteiger partial charge in [0.1, 0.15) is 5.60 Å². The quantitative estimate of drug-likeness (QED) is 0.769. The summed E-state index contributed by atoms with van der Waals surface area (Å²) >= 11 is 1.55. The summed E-state index contributed by atoms with van der Waals surface area (Å²) < 4.78 is 0. The van der Waals surface area contributed by atoms with Gasteiger partial charge in [-0.05, 0) is 36.1 Å². The molecule has 4 nitrogen and oxygen atoms in total. The number of anilines is 1. The molecule has 1 aromatic heterocycles. The third kappa shape index (κ3) is 4.67. The van der Waals surface area contributed by atoms with Crippen molar-refractivity contribution in [3.63, 3.8) is 0 Å². The fourth-order valence-electron chi connectivity index (χ4n) is 2.03. The van der Waals surface area contributed by atoms with E-state index in [2.05, 4.69) is 10.6 Å². The van der Waals surface area contributed by atoms with E-state index in [1.54, 1.807) is 11.3 Å². The molecule has 0 spiro atoms. The summed E-state index contributed by atoms with van der Waals surface area (Å²) in [5, 5.41) is 18.4. The van der Waals surface area contributed by atoms with Crippen molar-refractivity contribution >= 4 is 22.9 Å². The molecule has 1 atom stereocenters. The number of aliphatic hydroxyl groups is 1. The first-order valence-corrected chi connectivity index (χ1v) is 7.69. The Hall–Kier alpha value is -1.69. The molecular formula is C16H20N2O2S. The Morgan fingerprint density at radius 1 is 1.29 bits per heavy atom. The summed E-state index contributed by atoms with van der Waals surface area (Å²) in [4.78, 5) is 11.9. The molecule has 0 saturated heterocycles. The summed E-state index contributed by atoms with van der Waals surface area (Å²) in [5.41, 5.74) is 1.03. The summed E-state index contributed by atoms with van der Waals surface area (Å²) in [6.45, 7) is 4.46. The number of hydrogen-bond donors (Lipinski definition) is 3. The third-order valence-electron chi connectivity index (χ3n) is 3.12. The fraction of sp³-hybridized carbons (Fsp3) is 0.312. The maximum Gasteiger partial charge on any atom is 0.221 e. The first-order chi connectivity index (χ1) is 9.97. The highest BCUT2D eigenvalue weighted by atomic mass is 32.1. The van der Waals surface area contributed by atoms with Gasteiger partial charge in [0.15, 0.2) is 0 Å². The first-order valence-electron chi connectivity index (χ1n) is 6.81. The van der Waals surface area contributed by atoms with Crippen LogP contribution in [-0.4, -0.2) is 17.6 Å². The molecule has 112 valence electrons. The molecule has 21 heavy (non-hydrogen) atoms. The lowest BCUT2D eigenvalue weighted by atomic mass is 10.1. The van der Waals surface area contributed by atoms with Crippen LogP contribution in [-0.2, 0) is 16.9 Å². The molecular weight excluding hydrogens is 284 g/mol. The molecule has 0 fully saturated rings. The van der Waals surface area contributed by atoms with Crippen molar-refractivity contribution in [1.82, 2.24) is 5.32 Å². The number of carbonyl (C=O) groups excluding carboxylic acids is 1. The minimum Gasteiger partial charge on any atom is -0.383 e. The van der Waals surface area contributed by atoms with Crippen LogP contribution in [0.25, 0.3) is 0 Å². The summed E-state index contributed by atoms with van der Waals surface area (Å²) in [7, 11) is 0. The van der Waals surface area contributed by atoms with Gasteiger partial charge in [0, 0.05) is 30.6 Å². The van der Waals surface area contributed by atoms with Crippen LogP contribution in [0.15, 0.2) is 41.8 Å². The van der Waals surface area contributed by atoms with Crippen LogP contribution in [0.2, 0.25) is 0 Å². The lowest BCUT2D eigenvalue weighted by molar-refractivity contribution is -0.114. The second-order valence-corrected chi connectivity index (χ2v) is 6.18. The van der Waals surface area contributed by atoms with Gasteiger partial charge in [0.05, 0.1) is 0 Å². The third-order valence-corrected chi connectivity index (χ3v) is 4.25. The maximum atomic E-state index is 10.9. The number of hydrogen-bond acceptors (Lipinski definition) is 4. The average Bonchev–Trinajstić information content (AvgIpc) is 2.95. The van der Waals surface area contributed by atoms with Gasteiger partial charge in [-0.25, -0.2) is 0 Å². The van der Waals surface area contributed by atoms with Crippen molar-refractivity contribution < 1.29 is 9.90 Å². The van der Waals surface area contributed by atoms with Crippen LogP contribution < -0.4 is 10.6 Å². The Kier molecular flexibility index (Phi) is 5.12. The van der Waals surface area contributed by atoms with Crippen LogP contribution in [0.4, 0.5) is 5.69 Å². The predicted octanol–water partition coefficient (Wildman–Crippen LogP) is 2.70. The Bertz CT molecular complexity index is 577. The predicted molar refractivity (Wildman–Crippen MR) is 86.3 cm³/mol. The highest BCUT2D eigenvalue weighted by Crippen LogP contribution is 2.24. The lowest BCUT2D eigenvalue weighted by Gasteiger charge is -2.22. The molecule has 2 aromatic rings. The summed E-state index contributed by atoms with van der Waals surface area (Å²) in [6, 6.07) is 11.5. The molecule has 5 heteroatoms. The Balaban J connectivity index is 1.84. The van der Waals surface area contributed by atoms with Gasteiger partial charge in [-0.15, -0.1) is 11.3 Å². The van der Waals surface area contributed by atoms with E-state index in [1.807, 2.05) is 48.7 Å². The number of carbonyl (C=O) groups is 1. The molecule has 0 radical (unpaired) electrons. The van der Waals surface area contributed by atoms with Crippen LogP contribution in [0.3, 0.4) is 0 Å². The lowest BCUT2D eigenvalue weighted by Crippen LogP contribution is -2.34. The van der Waals surface area contributed by atoms with Crippen molar-refractivity contribution in [3.8, 4) is 0 Å². The second-order valence-electron chi connectivity index (χ2n) is 5.23. The molecule has 1 unspecified atom stereocenters. The van der Waals surface area contributed by atoms with E-state index >= 15 is 0 Å². The SMILES string of the molecule is CC(=O)Nc1ccc(CNCC(C)(O)c2cccs2)cc1. The van der Waals surface area contributed by atoms with E-state index in [9.17, 15) is 9.90 Å². The van der Waals surface area contributed by atoms with Crippen LogP contribution >= 0.6 is 11.3 Å². The fourth-order valence-corrected chi connectivity index (χ4v) is 2.82. The molecule has 0 saturated carbocycles. The largest absolute Gasteiger partial charge is 0.383 e. The van der Waals surface area contributed by atoms with Crippen molar-refractivity contribution in [2.45, 2.75) is 26.0 Å². The number of rotatable bonds is 6. The minimum atomic E-state index is -0.857. The van der Waals surface area contributed by atoms with Gasteiger partial charge in [-0.1, -0.05) is 18.2 Å². The van der Waals surface area contributed by atoms with Gasteiger partial charge in [-0.3, -0.25) is 4.79 Å². The molecule has 0 aliphatic rings. The Morgan fingerprint density at radius 2 is 2.00 bits per heavy atom. The minimum absolute atomic E-state index is 0.0760. The van der Waals surface area contributed by atoms with Crippen molar-refractivity contribution in [1.29, 1.82) is 0 Å². The van der Waals surface area contributed by atoms with Crippen molar-refractivity contribution in [3.05, 3.63) is 52.2 Å². The van der Waals surface area contributed by atoms with Crippen LogP contribution in [0.1, 0.15) is 24.3 Å². The second kappa shape index (κ2) is 6.85. The zero-order valence-corrected chi connectivity index (χ0v) is 13.0. The zero-order chi connectivity index (χ0) is 15.3. The molecule has 2 rings (SSSR count). The monoisotopic (exact) mass is 304 g/mol. The standard InChI is InChI=1S/C16H20N2O2S/c1-12(19)18-14-7-5-13(6-8-14)10-17-11-16(2,20)15-4-3-9-21-15/h3-9,17,20H,10-11H2,1-2H3,(H,18,19). The average molecular weight is 304 g/mol. The van der Waals surface area contributed by atoms with Gasteiger partial charge in [0.25, 0.3) is 0 Å². The van der Waals surface area contributed by atoms with E-state index in [-0.39, 0.29) is 5.91 Å². The first kappa shape index (κ1) is 15.7. The van der Waals surface area contributed by atoms with E-state index in [0.29, 0.717) is 13.1 Å². The Labute approximate surface area is 128 Å². The molecule has 1 aromatic carbocycles. The normalized spacial score (nSPS) is 13.7. The van der Waals surface area contributed by atoms with Gasteiger partial charge in [-0.2, -0.15) is 0 Å². The van der Waals surface area contributed by atoms with E-state index in [4.69, 9.17) is 0 Å². The summed E-state index contributed by atoms with van der Waals surface area (Å²) in [6.07, 6.45) is 0. The maximum absolute atomic E-state index is 10.9. The highest BCUT2D eigenvalue weighted by molar-refractivity contribution is 7.10. The molecule has 0 bridgehead atoms. The van der Waals surface area contributed by atoms with E-state index in [1.165, 1.54) is 6.92 Å². The summed E-state index contributed by atoms with van der Waals surface area (Å²) in [5.74, 6) is -0.0760. The van der Waals surface area contributed by atoms with Gasteiger partial charge < -0.3 is 15.7 Å². The van der Waals surface area contributed by atoms with Crippen molar-refractivity contribution in [2.75, 3.05) is 11.9 Å². The number of nitrogens with one attached hydrogen (secondary N) is 2. The number of amides is 1. The van der Waals surface area contributed by atoms with Crippen molar-refractivity contribution in [2.24, 2.45) is 0 Å². The Morgan fingerprint density at radius 3 is 2.57 bits per heavy atom. The number of thiophene rings is 1. The molecule has 1 amide bonds. The molecule has 0 aliphatic carbocycles. The highest BCUT2D eigenvalue weighted by Gasteiger charge is 2.23. The smallest absolute Gasteiger partial charge is 0.221 e. The topological polar surface area (TPSA) is 61.4 Å². The van der Waals surface area contributed by atoms with Gasteiger partial charge in [0.2, 0.25) is 5.91 Å². The number of benzene rings is 1. The van der Waals surface area contributed by atoms with E-state index < -0.39 is 5.60 Å². The van der Waals surface area contributed by atoms with Crippen LogP contribution in [0, 0.1) is 0 Å². The van der Waals surface area contributed by atoms with Gasteiger partial charge >= 0.3 is 0 Å². The van der Waals surface area contributed by atoms with E-state index in [0.717, 1.165) is 16.1 Å². The molecule has 1 heterocycles. The van der Waals surface area contributed by atoms with Crippen LogP contribution in [0.5, 0.6) is 0 Å². The zero-order valence-electron chi connectivity index (χ0n) is 12.2. The molecule has 0 aliphatic heterocycles.